The molecule has 1 amide bonds. The molecule has 0 bridgehead atoms. The number of rotatable bonds is 2. The molecule has 0 aromatic heterocycles. The van der Waals surface area contributed by atoms with Gasteiger partial charge >= 0.3 is 0 Å². The normalized spacial score (nSPS) is 29.1. The zero-order valence-electron chi connectivity index (χ0n) is 10.4. The lowest BCUT2D eigenvalue weighted by Gasteiger charge is -2.29. The summed E-state index contributed by atoms with van der Waals surface area (Å²) in [6.07, 6.45) is 6.05. The van der Waals surface area contributed by atoms with Gasteiger partial charge in [0.2, 0.25) is 5.91 Å². The van der Waals surface area contributed by atoms with E-state index in [-0.39, 0.29) is 29.4 Å². The number of sulfone groups is 1. The summed E-state index contributed by atoms with van der Waals surface area (Å²) in [6.45, 7) is 0. The molecule has 0 spiro atoms. The van der Waals surface area contributed by atoms with Crippen LogP contribution in [-0.2, 0) is 14.6 Å². The topological polar surface area (TPSA) is 54.5 Å². The van der Waals surface area contributed by atoms with Gasteiger partial charge in [-0.05, 0) is 19.3 Å². The van der Waals surface area contributed by atoms with E-state index >= 15 is 0 Å². The van der Waals surface area contributed by atoms with Gasteiger partial charge in [0.1, 0.15) is 0 Å². The molecule has 1 saturated heterocycles. The van der Waals surface area contributed by atoms with Gasteiger partial charge in [0.15, 0.2) is 9.84 Å². The SMILES string of the molecule is CN(C(=O)C1CCCCC1)C1CCS(=O)(=O)C1. The maximum absolute atomic E-state index is 12.2. The van der Waals surface area contributed by atoms with E-state index in [0.717, 1.165) is 25.7 Å². The molecule has 1 aliphatic heterocycles. The van der Waals surface area contributed by atoms with Crippen LogP contribution in [0.15, 0.2) is 0 Å². The third-order valence-electron chi connectivity index (χ3n) is 4.06. The maximum Gasteiger partial charge on any atom is 0.225 e. The van der Waals surface area contributed by atoms with Crippen LogP contribution in [0, 0.1) is 5.92 Å². The van der Waals surface area contributed by atoms with Crippen molar-refractivity contribution in [2.75, 3.05) is 18.6 Å². The Morgan fingerprint density at radius 2 is 1.76 bits per heavy atom. The molecule has 2 rings (SSSR count). The summed E-state index contributed by atoms with van der Waals surface area (Å²) in [5.74, 6) is 0.686. The second kappa shape index (κ2) is 4.96. The first-order chi connectivity index (χ1) is 7.99. The molecule has 5 heteroatoms. The van der Waals surface area contributed by atoms with Crippen molar-refractivity contribution < 1.29 is 13.2 Å². The maximum atomic E-state index is 12.2. The molecule has 1 unspecified atom stereocenters. The standard InChI is InChI=1S/C12H21NO3S/c1-13(11-7-8-17(15,16)9-11)12(14)10-5-3-2-4-6-10/h10-11H,2-9H2,1H3. The van der Waals surface area contributed by atoms with E-state index in [1.807, 2.05) is 0 Å². The van der Waals surface area contributed by atoms with Gasteiger partial charge in [-0.2, -0.15) is 0 Å². The van der Waals surface area contributed by atoms with Gasteiger partial charge in [-0.1, -0.05) is 19.3 Å². The van der Waals surface area contributed by atoms with Gasteiger partial charge in [0.25, 0.3) is 0 Å². The lowest BCUT2D eigenvalue weighted by molar-refractivity contribution is -0.136. The Labute approximate surface area is 103 Å². The monoisotopic (exact) mass is 259 g/mol. The van der Waals surface area contributed by atoms with Crippen LogP contribution >= 0.6 is 0 Å². The molecular weight excluding hydrogens is 238 g/mol. The van der Waals surface area contributed by atoms with Gasteiger partial charge in [-0.3, -0.25) is 4.79 Å². The quantitative estimate of drug-likeness (QED) is 0.749. The third-order valence-corrected chi connectivity index (χ3v) is 5.81. The highest BCUT2D eigenvalue weighted by Crippen LogP contribution is 2.27. The van der Waals surface area contributed by atoms with E-state index in [4.69, 9.17) is 0 Å². The van der Waals surface area contributed by atoms with Crippen LogP contribution < -0.4 is 0 Å². The van der Waals surface area contributed by atoms with Gasteiger partial charge in [-0.15, -0.1) is 0 Å². The summed E-state index contributed by atoms with van der Waals surface area (Å²) < 4.78 is 22.8. The smallest absolute Gasteiger partial charge is 0.225 e. The van der Waals surface area contributed by atoms with Crippen LogP contribution in [0.2, 0.25) is 0 Å². The van der Waals surface area contributed by atoms with Gasteiger partial charge in [-0.25, -0.2) is 8.42 Å². The summed E-state index contributed by atoms with van der Waals surface area (Å²) in [6, 6.07) is -0.0885. The third kappa shape index (κ3) is 3.00. The fourth-order valence-electron chi connectivity index (χ4n) is 2.90. The molecule has 0 aromatic rings. The van der Waals surface area contributed by atoms with Crippen LogP contribution in [0.1, 0.15) is 38.5 Å². The Kier molecular flexibility index (Phi) is 3.76. The fourth-order valence-corrected chi connectivity index (χ4v) is 4.67. The molecule has 0 radical (unpaired) electrons. The molecule has 2 aliphatic rings. The highest BCUT2D eigenvalue weighted by atomic mass is 32.2. The Balaban J connectivity index is 1.95. The summed E-state index contributed by atoms with van der Waals surface area (Å²) in [4.78, 5) is 13.9. The first kappa shape index (κ1) is 12.9. The number of carbonyl (C=O) groups excluding carboxylic acids is 1. The van der Waals surface area contributed by atoms with E-state index in [9.17, 15) is 13.2 Å². The summed E-state index contributed by atoms with van der Waals surface area (Å²) in [5.41, 5.74) is 0. The fraction of sp³-hybridized carbons (Fsp3) is 0.917. The zero-order chi connectivity index (χ0) is 12.5. The molecular formula is C12H21NO3S. The van der Waals surface area contributed by atoms with Crippen molar-refractivity contribution in [2.45, 2.75) is 44.6 Å². The average Bonchev–Trinajstić information content (AvgIpc) is 2.69. The molecule has 0 N–H and O–H groups in total. The van der Waals surface area contributed by atoms with Crippen molar-refractivity contribution in [1.29, 1.82) is 0 Å². The summed E-state index contributed by atoms with van der Waals surface area (Å²) >= 11 is 0. The highest BCUT2D eigenvalue weighted by molar-refractivity contribution is 7.91. The van der Waals surface area contributed by atoms with Crippen molar-refractivity contribution in [2.24, 2.45) is 5.92 Å². The summed E-state index contributed by atoms with van der Waals surface area (Å²) in [7, 11) is -1.13. The number of hydrogen-bond acceptors (Lipinski definition) is 3. The molecule has 4 nitrogen and oxygen atoms in total. The zero-order valence-corrected chi connectivity index (χ0v) is 11.2. The molecule has 1 aliphatic carbocycles. The first-order valence-corrected chi connectivity index (χ1v) is 8.29. The second-order valence-electron chi connectivity index (χ2n) is 5.34. The van der Waals surface area contributed by atoms with E-state index in [0.29, 0.717) is 6.42 Å². The van der Waals surface area contributed by atoms with Gasteiger partial charge in [0.05, 0.1) is 11.5 Å². The van der Waals surface area contributed by atoms with Crippen molar-refractivity contribution in [1.82, 2.24) is 4.90 Å². The van der Waals surface area contributed by atoms with Crippen molar-refractivity contribution in [3.05, 3.63) is 0 Å². The largest absolute Gasteiger partial charge is 0.341 e. The average molecular weight is 259 g/mol. The van der Waals surface area contributed by atoms with Crippen LogP contribution in [0.3, 0.4) is 0 Å². The minimum absolute atomic E-state index is 0.0885. The molecule has 1 atom stereocenters. The molecule has 1 heterocycles. The van der Waals surface area contributed by atoms with Crippen LogP contribution in [0.25, 0.3) is 0 Å². The predicted octanol–water partition coefficient (Wildman–Crippen LogP) is 1.21. The van der Waals surface area contributed by atoms with E-state index in [1.165, 1.54) is 6.42 Å². The Morgan fingerprint density at radius 1 is 1.12 bits per heavy atom. The van der Waals surface area contributed by atoms with Crippen LogP contribution in [0.5, 0.6) is 0 Å². The number of hydrogen-bond donors (Lipinski definition) is 0. The lowest BCUT2D eigenvalue weighted by Crippen LogP contribution is -2.41. The number of carbonyl (C=O) groups is 1. The van der Waals surface area contributed by atoms with Crippen molar-refractivity contribution in [3.63, 3.8) is 0 Å². The highest BCUT2D eigenvalue weighted by Gasteiger charge is 2.35. The van der Waals surface area contributed by atoms with Gasteiger partial charge in [0, 0.05) is 19.0 Å². The first-order valence-electron chi connectivity index (χ1n) is 6.47. The minimum atomic E-state index is -2.90. The molecule has 98 valence electrons. The number of amides is 1. The molecule has 2 fully saturated rings. The van der Waals surface area contributed by atoms with Gasteiger partial charge < -0.3 is 4.90 Å². The van der Waals surface area contributed by atoms with E-state index < -0.39 is 9.84 Å². The van der Waals surface area contributed by atoms with Crippen molar-refractivity contribution >= 4 is 15.7 Å². The second-order valence-corrected chi connectivity index (χ2v) is 7.57. The molecule has 17 heavy (non-hydrogen) atoms. The van der Waals surface area contributed by atoms with Crippen LogP contribution in [-0.4, -0.2) is 43.8 Å². The molecule has 1 saturated carbocycles. The summed E-state index contributed by atoms with van der Waals surface area (Å²) in [5, 5.41) is 0. The molecule has 0 aromatic carbocycles. The van der Waals surface area contributed by atoms with E-state index in [1.54, 1.807) is 11.9 Å². The van der Waals surface area contributed by atoms with E-state index in [2.05, 4.69) is 0 Å². The van der Waals surface area contributed by atoms with Crippen LogP contribution in [0.4, 0.5) is 0 Å². The Bertz CT molecular complexity index is 385. The number of nitrogens with zero attached hydrogens (tertiary/aromatic N) is 1. The Morgan fingerprint density at radius 3 is 2.29 bits per heavy atom. The predicted molar refractivity (Wildman–Crippen MR) is 66.4 cm³/mol. The Hall–Kier alpha value is -0.580. The minimum Gasteiger partial charge on any atom is -0.341 e. The van der Waals surface area contributed by atoms with Crippen molar-refractivity contribution in [3.8, 4) is 0 Å². The lowest BCUT2D eigenvalue weighted by atomic mass is 9.88.